The zero-order valence-electron chi connectivity index (χ0n) is 9.69. The summed E-state index contributed by atoms with van der Waals surface area (Å²) in [5, 5.41) is 0.557. The maximum Gasteiger partial charge on any atom is 0.129 e. The molecule has 0 spiro atoms. The molecule has 1 saturated heterocycles. The fourth-order valence-corrected chi connectivity index (χ4v) is 2.39. The summed E-state index contributed by atoms with van der Waals surface area (Å²) in [6, 6.07) is 6.23. The molecule has 3 nitrogen and oxygen atoms in total. The van der Waals surface area contributed by atoms with Gasteiger partial charge in [-0.1, -0.05) is 17.7 Å². The highest BCUT2D eigenvalue weighted by Crippen LogP contribution is 2.19. The molecule has 2 heterocycles. The molecule has 1 aliphatic rings. The third-order valence-corrected chi connectivity index (χ3v) is 3.30. The summed E-state index contributed by atoms with van der Waals surface area (Å²) in [6.07, 6.45) is 1.40. The highest BCUT2D eigenvalue weighted by Gasteiger charge is 2.27. The third kappa shape index (κ3) is 2.73. The second kappa shape index (κ2) is 5.13. The van der Waals surface area contributed by atoms with Gasteiger partial charge in [0.1, 0.15) is 5.15 Å². The Kier molecular flexibility index (Phi) is 3.79. The summed E-state index contributed by atoms with van der Waals surface area (Å²) in [5.74, 6) is 0. The lowest BCUT2D eigenvalue weighted by Crippen LogP contribution is -2.36. The standard InChI is InChI=1S/C12H17ClN2O/c1-9-11(6-7-16-9)15(2)8-10-4-3-5-12(13)14-10/h3-5,9,11H,6-8H2,1-2H3. The van der Waals surface area contributed by atoms with E-state index in [1.807, 2.05) is 12.1 Å². The fourth-order valence-electron chi connectivity index (χ4n) is 2.21. The van der Waals surface area contributed by atoms with Gasteiger partial charge in [0.05, 0.1) is 11.8 Å². The Balaban J connectivity index is 1.99. The van der Waals surface area contributed by atoms with Crippen LogP contribution in [-0.2, 0) is 11.3 Å². The molecule has 16 heavy (non-hydrogen) atoms. The van der Waals surface area contributed by atoms with Crippen LogP contribution in [0.1, 0.15) is 19.0 Å². The van der Waals surface area contributed by atoms with Crippen molar-refractivity contribution in [3.63, 3.8) is 0 Å². The van der Waals surface area contributed by atoms with Gasteiger partial charge in [-0.3, -0.25) is 4.90 Å². The van der Waals surface area contributed by atoms with E-state index in [0.717, 1.165) is 25.3 Å². The summed E-state index contributed by atoms with van der Waals surface area (Å²) in [6.45, 7) is 3.80. The van der Waals surface area contributed by atoms with Crippen LogP contribution in [0.15, 0.2) is 18.2 Å². The van der Waals surface area contributed by atoms with Gasteiger partial charge in [0.25, 0.3) is 0 Å². The van der Waals surface area contributed by atoms with Crippen molar-refractivity contribution >= 4 is 11.6 Å². The molecule has 0 N–H and O–H groups in total. The molecule has 0 aliphatic carbocycles. The zero-order valence-corrected chi connectivity index (χ0v) is 10.4. The average Bonchev–Trinajstić information content (AvgIpc) is 2.64. The lowest BCUT2D eigenvalue weighted by atomic mass is 10.1. The number of halogens is 1. The zero-order chi connectivity index (χ0) is 11.5. The Morgan fingerprint density at radius 2 is 2.38 bits per heavy atom. The molecule has 1 aromatic rings. The van der Waals surface area contributed by atoms with E-state index in [4.69, 9.17) is 16.3 Å². The number of pyridine rings is 1. The lowest BCUT2D eigenvalue weighted by molar-refractivity contribution is 0.0810. The van der Waals surface area contributed by atoms with Crippen LogP contribution in [0.4, 0.5) is 0 Å². The lowest BCUT2D eigenvalue weighted by Gasteiger charge is -2.26. The summed E-state index contributed by atoms with van der Waals surface area (Å²) in [5.41, 5.74) is 1.01. The number of rotatable bonds is 3. The second-order valence-corrected chi connectivity index (χ2v) is 4.69. The van der Waals surface area contributed by atoms with E-state index in [1.165, 1.54) is 0 Å². The van der Waals surface area contributed by atoms with Gasteiger partial charge in [-0.25, -0.2) is 4.98 Å². The van der Waals surface area contributed by atoms with E-state index >= 15 is 0 Å². The number of likely N-dealkylation sites (N-methyl/N-ethyl adjacent to an activating group) is 1. The molecule has 88 valence electrons. The van der Waals surface area contributed by atoms with Gasteiger partial charge in [-0.15, -0.1) is 0 Å². The van der Waals surface area contributed by atoms with Crippen LogP contribution < -0.4 is 0 Å². The first-order chi connectivity index (χ1) is 7.66. The number of hydrogen-bond acceptors (Lipinski definition) is 3. The second-order valence-electron chi connectivity index (χ2n) is 4.30. The van der Waals surface area contributed by atoms with Crippen molar-refractivity contribution in [2.75, 3.05) is 13.7 Å². The first kappa shape index (κ1) is 11.8. The Hall–Kier alpha value is -0.640. The highest BCUT2D eigenvalue weighted by molar-refractivity contribution is 6.29. The minimum Gasteiger partial charge on any atom is -0.377 e. The normalized spacial score (nSPS) is 25.2. The monoisotopic (exact) mass is 240 g/mol. The molecule has 0 aromatic carbocycles. The van der Waals surface area contributed by atoms with Crippen LogP contribution >= 0.6 is 11.6 Å². The largest absolute Gasteiger partial charge is 0.377 e. The summed E-state index contributed by atoms with van der Waals surface area (Å²) in [4.78, 5) is 6.58. The van der Waals surface area contributed by atoms with Crippen molar-refractivity contribution in [2.45, 2.75) is 32.0 Å². The van der Waals surface area contributed by atoms with Gasteiger partial charge in [0, 0.05) is 19.2 Å². The summed E-state index contributed by atoms with van der Waals surface area (Å²) < 4.78 is 5.56. The minimum atomic E-state index is 0.309. The molecule has 0 saturated carbocycles. The quantitative estimate of drug-likeness (QED) is 0.759. The van der Waals surface area contributed by atoms with Crippen LogP contribution in [0.2, 0.25) is 5.15 Å². The number of aromatic nitrogens is 1. The predicted molar refractivity (Wildman–Crippen MR) is 64.5 cm³/mol. The fraction of sp³-hybridized carbons (Fsp3) is 0.583. The molecule has 0 bridgehead atoms. The van der Waals surface area contributed by atoms with E-state index in [1.54, 1.807) is 6.07 Å². The van der Waals surface area contributed by atoms with Crippen LogP contribution in [0, 0.1) is 0 Å². The molecule has 2 atom stereocenters. The van der Waals surface area contributed by atoms with Crippen molar-refractivity contribution < 1.29 is 4.74 Å². The average molecular weight is 241 g/mol. The van der Waals surface area contributed by atoms with E-state index < -0.39 is 0 Å². The van der Waals surface area contributed by atoms with Crippen LogP contribution in [0.3, 0.4) is 0 Å². The van der Waals surface area contributed by atoms with E-state index in [9.17, 15) is 0 Å². The van der Waals surface area contributed by atoms with Gasteiger partial charge in [-0.2, -0.15) is 0 Å². The van der Waals surface area contributed by atoms with Gasteiger partial charge >= 0.3 is 0 Å². The van der Waals surface area contributed by atoms with Crippen molar-refractivity contribution in [3.8, 4) is 0 Å². The van der Waals surface area contributed by atoms with E-state index in [2.05, 4.69) is 23.9 Å². The first-order valence-corrected chi connectivity index (χ1v) is 5.98. The predicted octanol–water partition coefficient (Wildman–Crippen LogP) is 2.34. The molecular formula is C12H17ClN2O. The van der Waals surface area contributed by atoms with Gasteiger partial charge in [0.2, 0.25) is 0 Å². The van der Waals surface area contributed by atoms with E-state index in [-0.39, 0.29) is 0 Å². The Labute approximate surface area is 101 Å². The Morgan fingerprint density at radius 3 is 3.00 bits per heavy atom. The van der Waals surface area contributed by atoms with Crippen molar-refractivity contribution in [2.24, 2.45) is 0 Å². The third-order valence-electron chi connectivity index (χ3n) is 3.09. The first-order valence-electron chi connectivity index (χ1n) is 5.60. The maximum atomic E-state index is 5.86. The topological polar surface area (TPSA) is 25.4 Å². The van der Waals surface area contributed by atoms with Crippen molar-refractivity contribution in [3.05, 3.63) is 29.0 Å². The minimum absolute atomic E-state index is 0.309. The van der Waals surface area contributed by atoms with Gasteiger partial charge in [-0.05, 0) is 32.5 Å². The summed E-state index contributed by atoms with van der Waals surface area (Å²) in [7, 11) is 2.11. The van der Waals surface area contributed by atoms with Crippen LogP contribution in [-0.4, -0.2) is 35.7 Å². The van der Waals surface area contributed by atoms with E-state index in [0.29, 0.717) is 17.3 Å². The smallest absolute Gasteiger partial charge is 0.129 e. The number of hydrogen-bond donors (Lipinski definition) is 0. The Morgan fingerprint density at radius 1 is 1.56 bits per heavy atom. The molecule has 2 rings (SSSR count). The van der Waals surface area contributed by atoms with Crippen molar-refractivity contribution in [1.29, 1.82) is 0 Å². The number of nitrogens with zero attached hydrogens (tertiary/aromatic N) is 2. The number of ether oxygens (including phenoxy) is 1. The van der Waals surface area contributed by atoms with Crippen molar-refractivity contribution in [1.82, 2.24) is 9.88 Å². The molecule has 1 aliphatic heterocycles. The summed E-state index contributed by atoms with van der Waals surface area (Å²) >= 11 is 5.86. The SMILES string of the molecule is CC1OCCC1N(C)Cc1cccc(Cl)n1. The molecule has 1 fully saturated rings. The molecule has 1 aromatic heterocycles. The molecule has 4 heteroatoms. The molecule has 2 unspecified atom stereocenters. The van der Waals surface area contributed by atoms with Gasteiger partial charge in [0.15, 0.2) is 0 Å². The molecular weight excluding hydrogens is 224 g/mol. The van der Waals surface area contributed by atoms with Crippen LogP contribution in [0.5, 0.6) is 0 Å². The maximum absolute atomic E-state index is 5.86. The van der Waals surface area contributed by atoms with Crippen LogP contribution in [0.25, 0.3) is 0 Å². The highest BCUT2D eigenvalue weighted by atomic mass is 35.5. The Bertz CT molecular complexity index is 359. The molecule has 0 amide bonds. The van der Waals surface area contributed by atoms with Gasteiger partial charge < -0.3 is 4.74 Å². The molecule has 0 radical (unpaired) electrons.